The Labute approximate surface area is 158 Å². The number of hydrogen-bond acceptors (Lipinski definition) is 3. The summed E-state index contributed by atoms with van der Waals surface area (Å²) >= 11 is 1.78. The molecule has 2 aliphatic rings. The monoisotopic (exact) mass is 448 g/mol. The normalized spacial score (nSPS) is 19.0. The second-order valence-corrected chi connectivity index (χ2v) is 7.12. The lowest BCUT2D eigenvalue weighted by Gasteiger charge is -2.26. The summed E-state index contributed by atoms with van der Waals surface area (Å²) in [6.07, 6.45) is 7.07. The van der Waals surface area contributed by atoms with Gasteiger partial charge in [0.15, 0.2) is 5.96 Å². The molecule has 1 aromatic rings. The Hall–Kier alpha value is -0.830. The van der Waals surface area contributed by atoms with E-state index in [9.17, 15) is 4.79 Å². The number of nitrogens with two attached hydrogens (primary N) is 1. The third-order valence-electron chi connectivity index (χ3n) is 4.50. The number of rotatable bonds is 3. The highest BCUT2D eigenvalue weighted by molar-refractivity contribution is 14.0. The van der Waals surface area contributed by atoms with Crippen LogP contribution in [0.3, 0.4) is 0 Å². The minimum absolute atomic E-state index is 0. The molecule has 0 aromatic carbocycles. The Morgan fingerprint density at radius 1 is 1.39 bits per heavy atom. The molecule has 1 amide bonds. The number of halogens is 1. The molecule has 0 unspecified atom stereocenters. The van der Waals surface area contributed by atoms with Gasteiger partial charge < -0.3 is 16.0 Å². The zero-order valence-corrected chi connectivity index (χ0v) is 16.4. The van der Waals surface area contributed by atoms with Crippen molar-refractivity contribution >= 4 is 47.2 Å². The summed E-state index contributed by atoms with van der Waals surface area (Å²) < 4.78 is 0. The number of nitrogens with zero attached hydrogens (tertiary/aromatic N) is 2. The Bertz CT molecular complexity index is 554. The van der Waals surface area contributed by atoms with Gasteiger partial charge in [0.2, 0.25) is 5.91 Å². The zero-order valence-electron chi connectivity index (χ0n) is 13.3. The molecule has 0 bridgehead atoms. The van der Waals surface area contributed by atoms with Gasteiger partial charge in [-0.2, -0.15) is 0 Å². The maximum atomic E-state index is 12.3. The van der Waals surface area contributed by atoms with Crippen LogP contribution in [0.4, 0.5) is 0 Å². The van der Waals surface area contributed by atoms with E-state index in [1.807, 2.05) is 4.90 Å². The fourth-order valence-corrected chi connectivity index (χ4v) is 4.11. The number of aliphatic imine (C=N–C) groups is 1. The second-order valence-electron chi connectivity index (χ2n) is 6.12. The van der Waals surface area contributed by atoms with E-state index >= 15 is 0 Å². The van der Waals surface area contributed by atoms with Gasteiger partial charge in [0.1, 0.15) is 6.54 Å². The molecule has 0 radical (unpaired) electrons. The number of carbonyl (C=O) groups excluding carboxylic acids is 1. The van der Waals surface area contributed by atoms with Crippen molar-refractivity contribution < 1.29 is 4.79 Å². The third-order valence-corrected chi connectivity index (χ3v) is 5.53. The number of hydrogen-bond donors (Lipinski definition) is 2. The highest BCUT2D eigenvalue weighted by Crippen LogP contribution is 2.24. The first-order valence-electron chi connectivity index (χ1n) is 8.12. The lowest BCUT2D eigenvalue weighted by molar-refractivity contribution is -0.130. The Balaban J connectivity index is 0.00000192. The largest absolute Gasteiger partial charge is 0.370 e. The first-order valence-corrected chi connectivity index (χ1v) is 9.00. The Morgan fingerprint density at radius 3 is 2.96 bits per heavy atom. The van der Waals surface area contributed by atoms with Gasteiger partial charge in [0.05, 0.1) is 0 Å². The van der Waals surface area contributed by atoms with Crippen molar-refractivity contribution in [2.24, 2.45) is 10.7 Å². The molecule has 23 heavy (non-hydrogen) atoms. The van der Waals surface area contributed by atoms with Crippen LogP contribution in [0.25, 0.3) is 0 Å². The highest BCUT2D eigenvalue weighted by atomic mass is 127. The Kier molecular flexibility index (Phi) is 7.13. The van der Waals surface area contributed by atoms with Crippen molar-refractivity contribution in [2.45, 2.75) is 51.1 Å². The van der Waals surface area contributed by atoms with Crippen LogP contribution in [0.2, 0.25) is 0 Å². The molecule has 0 saturated heterocycles. The number of thiophene rings is 1. The lowest BCUT2D eigenvalue weighted by atomic mass is 9.96. The van der Waals surface area contributed by atoms with Crippen molar-refractivity contribution in [2.75, 3.05) is 13.1 Å². The third kappa shape index (κ3) is 5.07. The lowest BCUT2D eigenvalue weighted by Crippen LogP contribution is -2.42. The van der Waals surface area contributed by atoms with E-state index in [4.69, 9.17) is 5.73 Å². The first-order chi connectivity index (χ1) is 10.7. The van der Waals surface area contributed by atoms with Crippen LogP contribution < -0.4 is 11.1 Å². The van der Waals surface area contributed by atoms with Crippen LogP contribution in [-0.4, -0.2) is 35.9 Å². The molecular weight excluding hydrogens is 423 g/mol. The number of carbonyl (C=O) groups is 1. The van der Waals surface area contributed by atoms with E-state index in [0.29, 0.717) is 18.5 Å². The van der Waals surface area contributed by atoms with E-state index in [-0.39, 0.29) is 36.4 Å². The SMILES string of the molecule is I.NC(=NCC(=O)N1CCc2sccc2C1)NC1CCCCC1. The molecule has 3 rings (SSSR count). The fraction of sp³-hybridized carbons (Fsp3) is 0.625. The van der Waals surface area contributed by atoms with Gasteiger partial charge in [-0.25, -0.2) is 4.99 Å². The number of nitrogens with one attached hydrogen (secondary N) is 1. The second kappa shape index (κ2) is 8.86. The smallest absolute Gasteiger partial charge is 0.244 e. The quantitative estimate of drug-likeness (QED) is 0.424. The van der Waals surface area contributed by atoms with Gasteiger partial charge in [-0.15, -0.1) is 35.3 Å². The summed E-state index contributed by atoms with van der Waals surface area (Å²) in [6.45, 7) is 1.64. The predicted molar refractivity (Wildman–Crippen MR) is 105 cm³/mol. The number of fused-ring (bicyclic) bond motifs is 1. The Morgan fingerprint density at radius 2 is 2.17 bits per heavy atom. The molecule has 1 aliphatic heterocycles. The van der Waals surface area contributed by atoms with E-state index < -0.39 is 0 Å². The summed E-state index contributed by atoms with van der Waals surface area (Å²) in [5, 5.41) is 5.35. The minimum Gasteiger partial charge on any atom is -0.370 e. The molecule has 1 aromatic heterocycles. The average Bonchev–Trinajstić information content (AvgIpc) is 3.01. The van der Waals surface area contributed by atoms with E-state index in [2.05, 4.69) is 21.8 Å². The molecule has 2 heterocycles. The zero-order chi connectivity index (χ0) is 15.4. The van der Waals surface area contributed by atoms with E-state index in [1.54, 1.807) is 11.3 Å². The topological polar surface area (TPSA) is 70.7 Å². The number of amides is 1. The fourth-order valence-electron chi connectivity index (χ4n) is 3.22. The predicted octanol–water partition coefficient (Wildman–Crippen LogP) is 2.49. The molecule has 1 fully saturated rings. The van der Waals surface area contributed by atoms with Crippen molar-refractivity contribution in [3.05, 3.63) is 21.9 Å². The average molecular weight is 448 g/mol. The molecular formula is C16H25IN4OS. The van der Waals surface area contributed by atoms with Gasteiger partial charge in [-0.3, -0.25) is 4.79 Å². The highest BCUT2D eigenvalue weighted by Gasteiger charge is 2.21. The molecule has 1 saturated carbocycles. The van der Waals surface area contributed by atoms with Gasteiger partial charge in [0, 0.05) is 24.0 Å². The molecule has 3 N–H and O–H groups in total. The summed E-state index contributed by atoms with van der Waals surface area (Å²) in [5.41, 5.74) is 7.19. The molecule has 5 nitrogen and oxygen atoms in total. The van der Waals surface area contributed by atoms with Crippen LogP contribution in [0, 0.1) is 0 Å². The van der Waals surface area contributed by atoms with E-state index in [0.717, 1.165) is 25.8 Å². The van der Waals surface area contributed by atoms with Crippen LogP contribution in [0.15, 0.2) is 16.4 Å². The summed E-state index contributed by atoms with van der Waals surface area (Å²) in [5.74, 6) is 0.471. The standard InChI is InChI=1S/C16H24N4OS.HI/c17-16(19-13-4-2-1-3-5-13)18-10-15(21)20-8-6-14-12(11-20)7-9-22-14;/h7,9,13H,1-6,8,10-11H2,(H3,17,18,19);1H. The molecule has 7 heteroatoms. The van der Waals surface area contributed by atoms with Crippen molar-refractivity contribution in [3.8, 4) is 0 Å². The van der Waals surface area contributed by atoms with Crippen LogP contribution in [0.5, 0.6) is 0 Å². The van der Waals surface area contributed by atoms with Gasteiger partial charge in [-0.1, -0.05) is 19.3 Å². The summed E-state index contributed by atoms with van der Waals surface area (Å²) in [7, 11) is 0. The van der Waals surface area contributed by atoms with Crippen LogP contribution in [0.1, 0.15) is 42.5 Å². The van der Waals surface area contributed by atoms with Crippen LogP contribution >= 0.6 is 35.3 Å². The number of guanidine groups is 1. The summed E-state index contributed by atoms with van der Waals surface area (Å²) in [6, 6.07) is 2.54. The first kappa shape index (κ1) is 18.5. The maximum Gasteiger partial charge on any atom is 0.244 e. The maximum absolute atomic E-state index is 12.3. The molecule has 128 valence electrons. The minimum atomic E-state index is 0. The van der Waals surface area contributed by atoms with Crippen LogP contribution in [-0.2, 0) is 17.8 Å². The van der Waals surface area contributed by atoms with Gasteiger partial charge >= 0.3 is 0 Å². The molecule has 0 spiro atoms. The van der Waals surface area contributed by atoms with Crippen molar-refractivity contribution in [1.82, 2.24) is 10.2 Å². The molecule has 1 aliphatic carbocycles. The van der Waals surface area contributed by atoms with Gasteiger partial charge in [-0.05, 0) is 36.3 Å². The summed E-state index contributed by atoms with van der Waals surface area (Å²) in [4.78, 5) is 19.8. The van der Waals surface area contributed by atoms with Crippen molar-refractivity contribution in [3.63, 3.8) is 0 Å². The van der Waals surface area contributed by atoms with Gasteiger partial charge in [0.25, 0.3) is 0 Å². The van der Waals surface area contributed by atoms with E-state index in [1.165, 1.54) is 29.7 Å². The van der Waals surface area contributed by atoms with Crippen molar-refractivity contribution in [1.29, 1.82) is 0 Å². The molecule has 0 atom stereocenters.